The molecule has 1 fully saturated rings. The van der Waals surface area contributed by atoms with Crippen molar-refractivity contribution in [1.82, 2.24) is 0 Å². The van der Waals surface area contributed by atoms with Crippen molar-refractivity contribution in [1.29, 1.82) is 0 Å². The second-order valence-electron chi connectivity index (χ2n) is 3.78. The zero-order chi connectivity index (χ0) is 9.86. The molecule has 0 amide bonds. The van der Waals surface area contributed by atoms with Gasteiger partial charge in [0.25, 0.3) is 0 Å². The van der Waals surface area contributed by atoms with Crippen LogP contribution in [0.1, 0.15) is 31.2 Å². The summed E-state index contributed by atoms with van der Waals surface area (Å²) in [4.78, 5) is 0. The molecule has 2 rings (SSSR count). The first-order valence-electron chi connectivity index (χ1n) is 5.00. The Balaban J connectivity index is 2.14. The Hall–Kier alpha value is -1.26. The Kier molecular flexibility index (Phi) is 2.56. The van der Waals surface area contributed by atoms with Crippen LogP contribution in [0.4, 0.5) is 0 Å². The highest BCUT2D eigenvalue weighted by molar-refractivity contribution is 5.35. The predicted octanol–water partition coefficient (Wildman–Crippen LogP) is 2.14. The zero-order valence-corrected chi connectivity index (χ0v) is 8.09. The maximum atomic E-state index is 9.97. The van der Waals surface area contributed by atoms with Gasteiger partial charge in [-0.25, -0.2) is 0 Å². The van der Waals surface area contributed by atoms with Crippen LogP contribution in [0.25, 0.3) is 0 Å². The molecule has 0 saturated heterocycles. The maximum absolute atomic E-state index is 9.97. The van der Waals surface area contributed by atoms with Crippen molar-refractivity contribution in [3.05, 3.63) is 35.9 Å². The number of aliphatic hydroxyl groups is 1. The molecule has 1 radical (unpaired) electrons. The Labute approximate surface area is 84.8 Å². The molecule has 0 aliphatic heterocycles. The van der Waals surface area contributed by atoms with Crippen LogP contribution in [0.2, 0.25) is 0 Å². The van der Waals surface area contributed by atoms with E-state index in [0.717, 1.165) is 31.2 Å². The molecular formula is C13H13O. The lowest BCUT2D eigenvalue weighted by molar-refractivity contribution is 0.110. The Morgan fingerprint density at radius 3 is 2.79 bits per heavy atom. The summed E-state index contributed by atoms with van der Waals surface area (Å²) >= 11 is 0. The summed E-state index contributed by atoms with van der Waals surface area (Å²) in [5.74, 6) is 5.96. The standard InChI is InChI=1S/C13H13O/c14-13(9-4-5-10-13)11-8-12-6-2-1-3-7-12/h1-2,6-7,14H,4-5,9-10H2. The second kappa shape index (κ2) is 3.86. The minimum absolute atomic E-state index is 0.726. The molecule has 0 heterocycles. The molecule has 1 heteroatoms. The quantitative estimate of drug-likeness (QED) is 0.614. The highest BCUT2D eigenvalue weighted by Crippen LogP contribution is 2.28. The van der Waals surface area contributed by atoms with E-state index in [1.165, 1.54) is 0 Å². The van der Waals surface area contributed by atoms with E-state index >= 15 is 0 Å². The van der Waals surface area contributed by atoms with Gasteiger partial charge in [0.2, 0.25) is 0 Å². The highest BCUT2D eigenvalue weighted by Gasteiger charge is 2.28. The van der Waals surface area contributed by atoms with Gasteiger partial charge >= 0.3 is 0 Å². The third-order valence-corrected chi connectivity index (χ3v) is 2.58. The third kappa shape index (κ3) is 2.16. The molecule has 0 unspecified atom stereocenters. The summed E-state index contributed by atoms with van der Waals surface area (Å²) in [6, 6.07) is 10.5. The molecule has 0 aromatic heterocycles. The number of rotatable bonds is 0. The Morgan fingerprint density at radius 2 is 2.14 bits per heavy atom. The predicted molar refractivity (Wildman–Crippen MR) is 55.6 cm³/mol. The van der Waals surface area contributed by atoms with Gasteiger partial charge in [-0.1, -0.05) is 24.0 Å². The van der Waals surface area contributed by atoms with Crippen LogP contribution in [0.5, 0.6) is 0 Å². The molecule has 14 heavy (non-hydrogen) atoms. The fourth-order valence-corrected chi connectivity index (χ4v) is 1.74. The number of benzene rings is 1. The van der Waals surface area contributed by atoms with E-state index in [0.29, 0.717) is 0 Å². The number of hydrogen-bond donors (Lipinski definition) is 1. The van der Waals surface area contributed by atoms with Gasteiger partial charge in [-0.2, -0.15) is 0 Å². The first kappa shape index (κ1) is 9.30. The van der Waals surface area contributed by atoms with Crippen LogP contribution in [0.3, 0.4) is 0 Å². The molecule has 1 N–H and O–H groups in total. The fourth-order valence-electron chi connectivity index (χ4n) is 1.74. The van der Waals surface area contributed by atoms with E-state index < -0.39 is 5.60 Å². The zero-order valence-electron chi connectivity index (χ0n) is 8.09. The van der Waals surface area contributed by atoms with Crippen molar-refractivity contribution in [2.45, 2.75) is 31.3 Å². The van der Waals surface area contributed by atoms with Gasteiger partial charge in [-0.05, 0) is 43.9 Å². The van der Waals surface area contributed by atoms with Gasteiger partial charge in [0, 0.05) is 5.56 Å². The Bertz CT molecular complexity index is 350. The van der Waals surface area contributed by atoms with E-state index in [-0.39, 0.29) is 0 Å². The van der Waals surface area contributed by atoms with Crippen molar-refractivity contribution < 1.29 is 5.11 Å². The monoisotopic (exact) mass is 185 g/mol. The summed E-state index contributed by atoms with van der Waals surface area (Å²) in [6.45, 7) is 0. The van der Waals surface area contributed by atoms with Crippen LogP contribution < -0.4 is 0 Å². The maximum Gasteiger partial charge on any atom is 0.125 e. The van der Waals surface area contributed by atoms with Crippen molar-refractivity contribution in [3.8, 4) is 11.8 Å². The van der Waals surface area contributed by atoms with Crippen LogP contribution >= 0.6 is 0 Å². The molecule has 1 nitrogen and oxygen atoms in total. The van der Waals surface area contributed by atoms with Gasteiger partial charge in [0.15, 0.2) is 0 Å². The molecule has 1 aromatic rings. The lowest BCUT2D eigenvalue weighted by Crippen LogP contribution is -2.20. The van der Waals surface area contributed by atoms with Gasteiger partial charge in [0.1, 0.15) is 5.60 Å². The third-order valence-electron chi connectivity index (χ3n) is 2.58. The van der Waals surface area contributed by atoms with Gasteiger partial charge in [-0.15, -0.1) is 0 Å². The molecule has 1 saturated carbocycles. The van der Waals surface area contributed by atoms with Crippen molar-refractivity contribution >= 4 is 0 Å². The summed E-state index contributed by atoms with van der Waals surface area (Å²) in [5.41, 5.74) is 0.198. The average Bonchev–Trinajstić information content (AvgIpc) is 2.65. The normalized spacial score (nSPS) is 18.6. The minimum Gasteiger partial charge on any atom is -0.378 e. The summed E-state index contributed by atoms with van der Waals surface area (Å²) in [6.07, 6.45) is 3.81. The lowest BCUT2D eigenvalue weighted by atomic mass is 10.0. The van der Waals surface area contributed by atoms with Crippen LogP contribution in [-0.2, 0) is 0 Å². The molecule has 1 aliphatic carbocycles. The van der Waals surface area contributed by atoms with Crippen LogP contribution in [-0.4, -0.2) is 10.7 Å². The molecular weight excluding hydrogens is 172 g/mol. The van der Waals surface area contributed by atoms with Crippen LogP contribution in [0.15, 0.2) is 24.3 Å². The molecule has 71 valence electrons. The topological polar surface area (TPSA) is 20.2 Å². The van der Waals surface area contributed by atoms with Crippen molar-refractivity contribution in [2.75, 3.05) is 0 Å². The molecule has 0 bridgehead atoms. The second-order valence-corrected chi connectivity index (χ2v) is 3.78. The highest BCUT2D eigenvalue weighted by atomic mass is 16.3. The Morgan fingerprint density at radius 1 is 1.36 bits per heavy atom. The van der Waals surface area contributed by atoms with E-state index in [2.05, 4.69) is 17.9 Å². The largest absolute Gasteiger partial charge is 0.378 e. The summed E-state index contributed by atoms with van der Waals surface area (Å²) in [5, 5.41) is 9.97. The fraction of sp³-hybridized carbons (Fsp3) is 0.385. The molecule has 1 aromatic carbocycles. The van der Waals surface area contributed by atoms with Gasteiger partial charge < -0.3 is 5.11 Å². The first-order chi connectivity index (χ1) is 6.79. The average molecular weight is 185 g/mol. The molecule has 1 aliphatic rings. The van der Waals surface area contributed by atoms with Crippen LogP contribution in [0, 0.1) is 17.9 Å². The summed E-state index contributed by atoms with van der Waals surface area (Å²) in [7, 11) is 0. The molecule has 0 atom stereocenters. The van der Waals surface area contributed by atoms with E-state index in [9.17, 15) is 5.11 Å². The minimum atomic E-state index is -0.726. The smallest absolute Gasteiger partial charge is 0.125 e. The van der Waals surface area contributed by atoms with E-state index in [1.807, 2.05) is 24.3 Å². The van der Waals surface area contributed by atoms with Gasteiger partial charge in [-0.3, -0.25) is 0 Å². The van der Waals surface area contributed by atoms with Crippen molar-refractivity contribution in [3.63, 3.8) is 0 Å². The lowest BCUT2D eigenvalue weighted by Gasteiger charge is -2.12. The van der Waals surface area contributed by atoms with Gasteiger partial charge in [0.05, 0.1) is 0 Å². The summed E-state index contributed by atoms with van der Waals surface area (Å²) < 4.78 is 0. The van der Waals surface area contributed by atoms with Crippen molar-refractivity contribution in [2.24, 2.45) is 0 Å². The number of hydrogen-bond acceptors (Lipinski definition) is 1. The molecule has 0 spiro atoms. The first-order valence-corrected chi connectivity index (χ1v) is 5.00. The van der Waals surface area contributed by atoms with E-state index in [4.69, 9.17) is 0 Å². The van der Waals surface area contributed by atoms with E-state index in [1.54, 1.807) is 0 Å². The SMILES string of the molecule is OC1(C#Cc2c[c]ccc2)CCCC1.